The molecular weight excluding hydrogens is 790 g/mol. The van der Waals surface area contributed by atoms with E-state index in [0.29, 0.717) is 19.4 Å². The average molecular weight is 849 g/mol. The molecule has 0 aliphatic carbocycles. The van der Waals surface area contributed by atoms with Gasteiger partial charge in [0.25, 0.3) is 7.82 Å². The van der Waals surface area contributed by atoms with Crippen molar-refractivity contribution in [3.8, 4) is 0 Å². The zero-order valence-corrected chi connectivity index (χ0v) is 35.8. The van der Waals surface area contributed by atoms with Gasteiger partial charge in [-0.05, 0) is 74.7 Å². The van der Waals surface area contributed by atoms with Crippen molar-refractivity contribution in [2.45, 2.75) is 184 Å². The average Bonchev–Trinajstić information content (AvgIpc) is 3.74. The summed E-state index contributed by atoms with van der Waals surface area (Å²) < 4.78 is 82.4. The van der Waals surface area contributed by atoms with Gasteiger partial charge in [-0.2, -0.15) is 0 Å². The Bertz CT molecular complexity index is 1260. The zero-order valence-electron chi connectivity index (χ0n) is 34.0. The second-order valence-electron chi connectivity index (χ2n) is 15.4. The summed E-state index contributed by atoms with van der Waals surface area (Å²) >= 11 is 0. The highest BCUT2D eigenvalue weighted by Gasteiger charge is 2.48. The Morgan fingerprint density at radius 3 is 1.84 bits per heavy atom. The van der Waals surface area contributed by atoms with E-state index < -0.39 is 82.8 Å². The Labute approximate surface area is 342 Å². The van der Waals surface area contributed by atoms with Crippen molar-refractivity contribution in [1.29, 1.82) is 0 Å². The van der Waals surface area contributed by atoms with Gasteiger partial charge in [-0.15, -0.1) is 0 Å². The molecule has 0 spiro atoms. The van der Waals surface area contributed by atoms with Crippen LogP contribution in [0.3, 0.4) is 0 Å². The normalized spacial score (nSPS) is 40.0. The molecule has 0 aromatic rings. The van der Waals surface area contributed by atoms with Crippen LogP contribution in [0.5, 0.6) is 0 Å². The Balaban J connectivity index is 0.000000325. The predicted octanol–water partition coefficient (Wildman–Crippen LogP) is -0.492. The standard InChI is InChI=1S/C16H29B2O9P.C9H16BO5P.C8H15BO3.H2O/c1-8(2)22-6-11-10(5-13(17)25-11)27-28(20,21)23-7-12-15(24-9(3)4)14(19)16(18)26-12;1-5(2)13-7-6-3-4-16(11,12)15-8(7)9(10)14-6;1-5(2)11-4-7-6(10)3-8(9)12-7;/h8-16,19H,5-7H2,1-4H3,(H,20,21);5-9H,3-4H2,1-2H3,(H,11,12);5-8,10H,3-4H2,1-2H3;1H2/p-3/t10?,11-,12-,13-,14-,15?,16-;6-,7?,8-,9-;6?,7-,8-;/m111./s1. The third-order valence-corrected chi connectivity index (χ3v) is 11.2. The number of phosphoric ester groups is 1. The van der Waals surface area contributed by atoms with Crippen LogP contribution in [0.4, 0.5) is 0 Å². The van der Waals surface area contributed by atoms with Gasteiger partial charge in [-0.1, -0.05) is 0 Å². The lowest BCUT2D eigenvalue weighted by Crippen LogP contribution is -2.39. The lowest BCUT2D eigenvalue weighted by molar-refractivity contribution is -0.234. The summed E-state index contributed by atoms with van der Waals surface area (Å²) in [7, 11) is 14.1. The number of aliphatic hydroxyl groups excluding tert-OH is 2. The molecule has 0 aromatic carbocycles. The highest BCUT2D eigenvalue weighted by molar-refractivity contribution is 7.51. The third-order valence-electron chi connectivity index (χ3n) is 8.88. The van der Waals surface area contributed by atoms with E-state index in [1.165, 1.54) is 0 Å². The summed E-state index contributed by atoms with van der Waals surface area (Å²) in [5.74, 6) is 0. The molecular formula is C33H59B4O18P2-3. The maximum absolute atomic E-state index is 12.3. The monoisotopic (exact) mass is 849 g/mol. The first-order valence-corrected chi connectivity index (χ1v) is 22.3. The minimum Gasteiger partial charge on any atom is -0.870 e. The fourth-order valence-corrected chi connectivity index (χ4v) is 8.58. The molecule has 24 heteroatoms. The fraction of sp³-hybridized carbons (Fsp3) is 1.00. The first-order valence-electron chi connectivity index (χ1n) is 19.1. The van der Waals surface area contributed by atoms with Crippen molar-refractivity contribution in [2.24, 2.45) is 0 Å². The number of ether oxygens (including phenoxy) is 8. The van der Waals surface area contributed by atoms with Gasteiger partial charge in [0.2, 0.25) is 0 Å². The number of aliphatic hydroxyl groups is 2. The van der Waals surface area contributed by atoms with Crippen LogP contribution in [0, 0.1) is 0 Å². The zero-order chi connectivity index (χ0) is 42.1. The predicted molar refractivity (Wildman–Crippen MR) is 203 cm³/mol. The van der Waals surface area contributed by atoms with Crippen LogP contribution >= 0.6 is 15.4 Å². The van der Waals surface area contributed by atoms with Gasteiger partial charge in [0.15, 0.2) is 0 Å². The number of hydrogen-bond donors (Lipinski definition) is 2. The van der Waals surface area contributed by atoms with Crippen LogP contribution in [0.15, 0.2) is 0 Å². The number of fused-ring (bicyclic) bond motifs is 2. The van der Waals surface area contributed by atoms with E-state index >= 15 is 0 Å². The van der Waals surface area contributed by atoms with Gasteiger partial charge < -0.3 is 81.5 Å². The summed E-state index contributed by atoms with van der Waals surface area (Å²) in [5, 5.41) is 19.4. The topological polar surface area (TPSA) is 252 Å². The first kappa shape index (κ1) is 53.2. The molecule has 5 rings (SSSR count). The first-order chi connectivity index (χ1) is 26.0. The Hall–Kier alpha value is 0.0797. The molecule has 57 heavy (non-hydrogen) atoms. The van der Waals surface area contributed by atoms with E-state index in [1.54, 1.807) is 13.8 Å². The van der Waals surface area contributed by atoms with Crippen molar-refractivity contribution < 1.29 is 86.1 Å². The molecule has 5 heterocycles. The van der Waals surface area contributed by atoms with E-state index in [4.69, 9.17) is 82.9 Å². The van der Waals surface area contributed by atoms with Crippen LogP contribution in [0.2, 0.25) is 0 Å². The van der Waals surface area contributed by atoms with Gasteiger partial charge in [-0.3, -0.25) is 4.57 Å². The van der Waals surface area contributed by atoms with Crippen LogP contribution in [0.1, 0.15) is 74.7 Å². The lowest BCUT2D eigenvalue weighted by atomic mass is 9.92. The van der Waals surface area contributed by atoms with E-state index in [2.05, 4.69) is 0 Å². The van der Waals surface area contributed by atoms with Crippen LogP contribution in [0.25, 0.3) is 0 Å². The van der Waals surface area contributed by atoms with E-state index in [-0.39, 0.29) is 73.4 Å². The van der Waals surface area contributed by atoms with Crippen molar-refractivity contribution in [1.82, 2.24) is 0 Å². The highest BCUT2D eigenvalue weighted by atomic mass is 31.2. The fourth-order valence-electron chi connectivity index (χ4n) is 6.35. The van der Waals surface area contributed by atoms with Crippen LogP contribution in [-0.2, 0) is 60.6 Å². The minimum atomic E-state index is -4.70. The molecule has 2 bridgehead atoms. The smallest absolute Gasteiger partial charge is 0.268 e. The number of hydrogen-bond acceptors (Lipinski definition) is 18. The third kappa shape index (κ3) is 17.8. The quantitative estimate of drug-likeness (QED) is 0.156. The van der Waals surface area contributed by atoms with E-state index in [0.717, 1.165) is 0 Å². The lowest BCUT2D eigenvalue weighted by Gasteiger charge is -2.30. The van der Waals surface area contributed by atoms with Gasteiger partial charge in [-0.25, -0.2) is 0 Å². The molecule has 8 radical (unpaired) electrons. The minimum absolute atomic E-state index is 0. The summed E-state index contributed by atoms with van der Waals surface area (Å²) in [6.07, 6.45) is -5.39. The molecule has 324 valence electrons. The van der Waals surface area contributed by atoms with Gasteiger partial charge >= 0.3 is 0 Å². The van der Waals surface area contributed by atoms with Crippen molar-refractivity contribution in [3.05, 3.63) is 0 Å². The summed E-state index contributed by atoms with van der Waals surface area (Å²) in [6, 6.07) is -2.71. The molecule has 5 aliphatic rings. The van der Waals surface area contributed by atoms with Gasteiger partial charge in [0.05, 0.1) is 62.5 Å². The van der Waals surface area contributed by atoms with Gasteiger partial charge in [0, 0.05) is 30.2 Å². The molecule has 0 amide bonds. The van der Waals surface area contributed by atoms with Crippen LogP contribution in [-0.4, -0.2) is 183 Å². The molecule has 5 saturated heterocycles. The van der Waals surface area contributed by atoms with Crippen molar-refractivity contribution in [3.63, 3.8) is 0 Å². The maximum atomic E-state index is 12.3. The van der Waals surface area contributed by atoms with Crippen LogP contribution < -0.4 is 9.79 Å². The van der Waals surface area contributed by atoms with Crippen molar-refractivity contribution >= 4 is 46.8 Å². The molecule has 5 aliphatic heterocycles. The van der Waals surface area contributed by atoms with Gasteiger partial charge in [0.1, 0.15) is 81.7 Å². The summed E-state index contributed by atoms with van der Waals surface area (Å²) in [6.45, 7) is 15.1. The SMILES string of the molecule is [B][C@@H]1O[C@@H]2CCP(=O)([O-])O[C@@H]1C2OC(C)C.[B][C@@H]1O[C@H](COP(=O)([O-])OC2C[C@H]([B])O[C@@H]2COC(C)C)C(OC(C)C)[C@H]1O.[B][C@H]1CC(O)[C@@H](COC(C)C)O1.[OH-]. The second-order valence-corrected chi connectivity index (χ2v) is 18.6. The highest BCUT2D eigenvalue weighted by Crippen LogP contribution is 2.48. The second kappa shape index (κ2) is 24.1. The molecule has 0 aromatic heterocycles. The molecule has 6 unspecified atom stereocenters. The Morgan fingerprint density at radius 2 is 1.30 bits per heavy atom. The van der Waals surface area contributed by atoms with E-state index in [1.807, 2.05) is 41.5 Å². The molecule has 0 saturated carbocycles. The largest absolute Gasteiger partial charge is 0.870 e. The Morgan fingerprint density at radius 1 is 0.754 bits per heavy atom. The van der Waals surface area contributed by atoms with Crippen molar-refractivity contribution in [2.75, 3.05) is 26.0 Å². The summed E-state index contributed by atoms with van der Waals surface area (Å²) in [5.41, 5.74) is 0. The van der Waals surface area contributed by atoms with E-state index in [9.17, 15) is 29.1 Å². The summed E-state index contributed by atoms with van der Waals surface area (Å²) in [4.78, 5) is 23.8. The Kier molecular flexibility index (Phi) is 22.5. The maximum Gasteiger partial charge on any atom is 0.268 e. The molecule has 16 atom stereocenters. The molecule has 3 N–H and O–H groups in total. The number of phosphoric acid groups is 1. The molecule has 18 nitrogen and oxygen atoms in total. The number of rotatable bonds is 15. The molecule has 5 fully saturated rings.